The van der Waals surface area contributed by atoms with Crippen LogP contribution in [-0.2, 0) is 20.8 Å². The number of likely N-dealkylation sites (N-methyl/N-ethyl adjacent to an activating group) is 1. The Morgan fingerprint density at radius 2 is 1.87 bits per heavy atom. The maximum atomic E-state index is 12.3. The number of nitrogens with one attached hydrogen (secondary N) is 1. The Balaban J connectivity index is 1.58. The highest BCUT2D eigenvalue weighted by atomic mass is 16.2. The Hall–Kier alpha value is -2.37. The highest BCUT2D eigenvalue weighted by Crippen LogP contribution is 2.30. The number of benzene rings is 1. The van der Waals surface area contributed by atoms with Crippen molar-refractivity contribution in [1.82, 2.24) is 15.1 Å². The van der Waals surface area contributed by atoms with Gasteiger partial charge in [0.25, 0.3) is 0 Å². The van der Waals surface area contributed by atoms with Crippen molar-refractivity contribution in [3.05, 3.63) is 35.4 Å². The van der Waals surface area contributed by atoms with Crippen LogP contribution in [0.3, 0.4) is 0 Å². The Morgan fingerprint density at radius 3 is 2.65 bits per heavy atom. The maximum absolute atomic E-state index is 12.3. The van der Waals surface area contributed by atoms with Crippen molar-refractivity contribution < 1.29 is 14.4 Å². The fourth-order valence-electron chi connectivity index (χ4n) is 3.29. The molecule has 1 aromatic carbocycles. The van der Waals surface area contributed by atoms with Crippen LogP contribution in [-0.4, -0.2) is 53.7 Å². The summed E-state index contributed by atoms with van der Waals surface area (Å²) >= 11 is 0. The van der Waals surface area contributed by atoms with E-state index in [0.717, 1.165) is 18.4 Å². The lowest BCUT2D eigenvalue weighted by atomic mass is 10.1. The van der Waals surface area contributed by atoms with Gasteiger partial charge in [-0.15, -0.1) is 0 Å². The lowest BCUT2D eigenvalue weighted by Gasteiger charge is -2.32. The van der Waals surface area contributed by atoms with Crippen LogP contribution in [0.25, 0.3) is 0 Å². The summed E-state index contributed by atoms with van der Waals surface area (Å²) in [6.45, 7) is 3.20. The average Bonchev–Trinajstić information content (AvgIpc) is 2.95. The molecule has 0 spiro atoms. The van der Waals surface area contributed by atoms with Gasteiger partial charge in [-0.1, -0.05) is 24.3 Å². The SMILES string of the molecule is CCN1CCN(CC(=O)N[C@@H]2CCc3ccccc32)C(=O)C1=O. The van der Waals surface area contributed by atoms with Gasteiger partial charge in [0.1, 0.15) is 6.54 Å². The molecule has 122 valence electrons. The summed E-state index contributed by atoms with van der Waals surface area (Å²) in [6, 6.07) is 8.08. The number of rotatable bonds is 4. The number of fused-ring (bicyclic) bond motifs is 1. The molecule has 1 saturated heterocycles. The molecular formula is C17H21N3O3. The van der Waals surface area contributed by atoms with E-state index in [1.807, 2.05) is 25.1 Å². The van der Waals surface area contributed by atoms with Crippen LogP contribution in [0.5, 0.6) is 0 Å². The van der Waals surface area contributed by atoms with Gasteiger partial charge in [0.15, 0.2) is 0 Å². The molecule has 1 aliphatic heterocycles. The van der Waals surface area contributed by atoms with Crippen LogP contribution in [0.2, 0.25) is 0 Å². The summed E-state index contributed by atoms with van der Waals surface area (Å²) < 4.78 is 0. The quantitative estimate of drug-likeness (QED) is 0.822. The fourth-order valence-corrected chi connectivity index (χ4v) is 3.29. The molecule has 1 aromatic rings. The molecule has 0 unspecified atom stereocenters. The number of hydrogen-bond donors (Lipinski definition) is 1. The second-order valence-corrected chi connectivity index (χ2v) is 5.97. The molecule has 1 aliphatic carbocycles. The van der Waals surface area contributed by atoms with Gasteiger partial charge in [-0.25, -0.2) is 0 Å². The van der Waals surface area contributed by atoms with Gasteiger partial charge in [0.05, 0.1) is 6.04 Å². The number of amides is 3. The van der Waals surface area contributed by atoms with Crippen LogP contribution >= 0.6 is 0 Å². The van der Waals surface area contributed by atoms with E-state index in [1.165, 1.54) is 15.4 Å². The van der Waals surface area contributed by atoms with Crippen molar-refractivity contribution >= 4 is 17.7 Å². The minimum Gasteiger partial charge on any atom is -0.348 e. The third kappa shape index (κ3) is 3.06. The van der Waals surface area contributed by atoms with Gasteiger partial charge in [-0.05, 0) is 30.9 Å². The van der Waals surface area contributed by atoms with Gasteiger partial charge in [-0.3, -0.25) is 14.4 Å². The third-order valence-electron chi connectivity index (χ3n) is 4.58. The molecule has 23 heavy (non-hydrogen) atoms. The van der Waals surface area contributed by atoms with Crippen molar-refractivity contribution in [2.45, 2.75) is 25.8 Å². The molecule has 0 bridgehead atoms. The molecule has 1 fully saturated rings. The van der Waals surface area contributed by atoms with Gasteiger partial charge < -0.3 is 15.1 Å². The number of carbonyl (C=O) groups excluding carboxylic acids is 3. The van der Waals surface area contributed by atoms with Crippen molar-refractivity contribution in [2.24, 2.45) is 0 Å². The largest absolute Gasteiger partial charge is 0.348 e. The van der Waals surface area contributed by atoms with Crippen LogP contribution in [0.4, 0.5) is 0 Å². The molecule has 6 heteroatoms. The molecule has 2 aliphatic rings. The number of aryl methyl sites for hydroxylation is 1. The zero-order chi connectivity index (χ0) is 16.4. The maximum Gasteiger partial charge on any atom is 0.312 e. The van der Waals surface area contributed by atoms with Crippen LogP contribution in [0, 0.1) is 0 Å². The molecule has 1 N–H and O–H groups in total. The first kappa shape index (κ1) is 15.5. The third-order valence-corrected chi connectivity index (χ3v) is 4.58. The predicted octanol–water partition coefficient (Wildman–Crippen LogP) is 0.481. The zero-order valence-corrected chi connectivity index (χ0v) is 13.2. The van der Waals surface area contributed by atoms with E-state index >= 15 is 0 Å². The molecule has 0 aromatic heterocycles. The van der Waals surface area contributed by atoms with Gasteiger partial charge >= 0.3 is 11.8 Å². The molecule has 1 atom stereocenters. The summed E-state index contributed by atoms with van der Waals surface area (Å²) in [5.41, 5.74) is 2.42. The van der Waals surface area contributed by atoms with E-state index in [9.17, 15) is 14.4 Å². The molecule has 3 rings (SSSR count). The lowest BCUT2D eigenvalue weighted by molar-refractivity contribution is -0.156. The summed E-state index contributed by atoms with van der Waals surface area (Å²) in [5.74, 6) is -1.31. The second kappa shape index (κ2) is 6.40. The van der Waals surface area contributed by atoms with Crippen LogP contribution in [0.15, 0.2) is 24.3 Å². The molecular weight excluding hydrogens is 294 g/mol. The smallest absolute Gasteiger partial charge is 0.312 e. The monoisotopic (exact) mass is 315 g/mol. The Morgan fingerprint density at radius 1 is 1.17 bits per heavy atom. The van der Waals surface area contributed by atoms with Crippen molar-refractivity contribution in [3.63, 3.8) is 0 Å². The number of nitrogens with zero attached hydrogens (tertiary/aromatic N) is 2. The van der Waals surface area contributed by atoms with E-state index in [2.05, 4.69) is 11.4 Å². The first-order chi connectivity index (χ1) is 11.1. The minimum atomic E-state index is -0.583. The topological polar surface area (TPSA) is 69.7 Å². The van der Waals surface area contributed by atoms with Crippen LogP contribution in [0.1, 0.15) is 30.5 Å². The van der Waals surface area contributed by atoms with Gasteiger partial charge in [0, 0.05) is 19.6 Å². The summed E-state index contributed by atoms with van der Waals surface area (Å²) in [7, 11) is 0. The van der Waals surface area contributed by atoms with E-state index in [4.69, 9.17) is 0 Å². The minimum absolute atomic E-state index is 0.00133. The van der Waals surface area contributed by atoms with E-state index in [1.54, 1.807) is 0 Å². The fraction of sp³-hybridized carbons (Fsp3) is 0.471. The second-order valence-electron chi connectivity index (χ2n) is 5.97. The van der Waals surface area contributed by atoms with Crippen LogP contribution < -0.4 is 5.32 Å². The highest BCUT2D eigenvalue weighted by molar-refractivity contribution is 6.35. The summed E-state index contributed by atoms with van der Waals surface area (Å²) in [5, 5.41) is 2.99. The normalized spacial score (nSPS) is 20.7. The predicted molar refractivity (Wildman–Crippen MR) is 84.5 cm³/mol. The molecule has 0 saturated carbocycles. The average molecular weight is 315 g/mol. The first-order valence-corrected chi connectivity index (χ1v) is 8.05. The van der Waals surface area contributed by atoms with E-state index in [0.29, 0.717) is 19.6 Å². The Kier molecular flexibility index (Phi) is 4.32. The van der Waals surface area contributed by atoms with Crippen molar-refractivity contribution in [2.75, 3.05) is 26.2 Å². The van der Waals surface area contributed by atoms with E-state index < -0.39 is 11.8 Å². The summed E-state index contributed by atoms with van der Waals surface area (Å²) in [6.07, 6.45) is 1.83. The van der Waals surface area contributed by atoms with Gasteiger partial charge in [0.2, 0.25) is 5.91 Å². The zero-order valence-electron chi connectivity index (χ0n) is 13.2. The Bertz CT molecular complexity index is 644. The number of carbonyl (C=O) groups is 3. The van der Waals surface area contributed by atoms with Gasteiger partial charge in [-0.2, -0.15) is 0 Å². The van der Waals surface area contributed by atoms with E-state index in [-0.39, 0.29) is 18.5 Å². The molecule has 1 heterocycles. The number of hydrogen-bond acceptors (Lipinski definition) is 3. The standard InChI is InChI=1S/C17H21N3O3/c1-2-19-9-10-20(17(23)16(19)22)11-15(21)18-14-8-7-12-5-3-4-6-13(12)14/h3-6,14H,2,7-11H2,1H3,(H,18,21)/t14-/m1/s1. The molecule has 0 radical (unpaired) electrons. The number of piperazine rings is 1. The summed E-state index contributed by atoms with van der Waals surface area (Å²) in [4.78, 5) is 39.0. The lowest BCUT2D eigenvalue weighted by Crippen LogP contribution is -2.56. The molecule has 6 nitrogen and oxygen atoms in total. The Labute approximate surface area is 135 Å². The van der Waals surface area contributed by atoms with Crippen molar-refractivity contribution in [1.29, 1.82) is 0 Å². The van der Waals surface area contributed by atoms with Crippen molar-refractivity contribution in [3.8, 4) is 0 Å². The first-order valence-electron chi connectivity index (χ1n) is 8.05. The molecule has 3 amide bonds. The highest BCUT2D eigenvalue weighted by Gasteiger charge is 2.33.